The van der Waals surface area contributed by atoms with Crippen LogP contribution in [0.15, 0.2) is 48.5 Å². The number of carbonyl (C=O) groups is 1. The van der Waals surface area contributed by atoms with E-state index in [0.29, 0.717) is 13.0 Å². The zero-order chi connectivity index (χ0) is 15.9. The monoisotopic (exact) mass is 317 g/mol. The highest BCUT2D eigenvalue weighted by Crippen LogP contribution is 2.23. The van der Waals surface area contributed by atoms with Crippen molar-refractivity contribution in [1.29, 1.82) is 0 Å². The summed E-state index contributed by atoms with van der Waals surface area (Å²) in [6, 6.07) is 15.7. The maximum Gasteiger partial charge on any atom is 0.307 e. The molecular weight excluding hydrogens is 298 g/mol. The van der Waals surface area contributed by atoms with Crippen molar-refractivity contribution in [1.82, 2.24) is 0 Å². The van der Waals surface area contributed by atoms with E-state index in [1.165, 1.54) is 0 Å². The van der Waals surface area contributed by atoms with Crippen LogP contribution in [-0.2, 0) is 16.0 Å². The van der Waals surface area contributed by atoms with Gasteiger partial charge in [0.1, 0.15) is 0 Å². The van der Waals surface area contributed by atoms with Crippen molar-refractivity contribution in [3.63, 3.8) is 0 Å². The Balaban J connectivity index is 1.98. The molecule has 4 heteroatoms. The van der Waals surface area contributed by atoms with Gasteiger partial charge in [-0.3, -0.25) is 4.79 Å². The average Bonchev–Trinajstić information content (AvgIpc) is 2.48. The summed E-state index contributed by atoms with van der Waals surface area (Å²) in [6.45, 7) is 2.18. The van der Waals surface area contributed by atoms with Crippen LogP contribution >= 0.6 is 11.6 Å². The van der Waals surface area contributed by atoms with Crippen molar-refractivity contribution in [2.24, 2.45) is 5.73 Å². The van der Waals surface area contributed by atoms with Crippen LogP contribution in [0.25, 0.3) is 11.1 Å². The Morgan fingerprint density at radius 2 is 1.91 bits per heavy atom. The summed E-state index contributed by atoms with van der Waals surface area (Å²) in [7, 11) is 0. The Bertz CT molecular complexity index is 625. The predicted molar refractivity (Wildman–Crippen MR) is 89.8 cm³/mol. The van der Waals surface area contributed by atoms with E-state index in [0.717, 1.165) is 21.7 Å². The number of benzene rings is 2. The fourth-order valence-corrected chi connectivity index (χ4v) is 2.50. The molecule has 0 fully saturated rings. The van der Waals surface area contributed by atoms with Crippen LogP contribution in [0, 0.1) is 0 Å². The average molecular weight is 318 g/mol. The van der Waals surface area contributed by atoms with Crippen molar-refractivity contribution >= 4 is 17.6 Å². The molecule has 1 atom stereocenters. The highest BCUT2D eigenvalue weighted by Gasteiger charge is 2.11. The number of hydrogen-bond acceptors (Lipinski definition) is 3. The largest absolute Gasteiger partial charge is 0.466 e. The third-order valence-electron chi connectivity index (χ3n) is 3.34. The molecule has 3 nitrogen and oxygen atoms in total. The molecule has 0 spiro atoms. The Hall–Kier alpha value is -1.84. The summed E-state index contributed by atoms with van der Waals surface area (Å²) < 4.78 is 4.91. The van der Waals surface area contributed by atoms with Crippen molar-refractivity contribution in [3.05, 3.63) is 59.1 Å². The van der Waals surface area contributed by atoms with Crippen LogP contribution in [-0.4, -0.2) is 18.6 Å². The van der Waals surface area contributed by atoms with Gasteiger partial charge >= 0.3 is 5.97 Å². The summed E-state index contributed by atoms with van der Waals surface area (Å²) in [5.74, 6) is -0.245. The molecule has 0 bridgehead atoms. The zero-order valence-corrected chi connectivity index (χ0v) is 13.3. The smallest absolute Gasteiger partial charge is 0.307 e. The van der Waals surface area contributed by atoms with Gasteiger partial charge in [-0.05, 0) is 42.2 Å². The summed E-state index contributed by atoms with van der Waals surface area (Å²) in [5.41, 5.74) is 9.27. The SMILES string of the molecule is CCOC(=O)CC(N)Cc1ccc(-c2cccc(Cl)c2)cc1. The Morgan fingerprint density at radius 3 is 2.55 bits per heavy atom. The zero-order valence-electron chi connectivity index (χ0n) is 12.6. The van der Waals surface area contributed by atoms with Crippen molar-refractivity contribution in [2.45, 2.75) is 25.8 Å². The van der Waals surface area contributed by atoms with E-state index in [2.05, 4.69) is 0 Å². The van der Waals surface area contributed by atoms with Gasteiger partial charge in [0, 0.05) is 11.1 Å². The van der Waals surface area contributed by atoms with Gasteiger partial charge in [0.15, 0.2) is 0 Å². The molecule has 2 rings (SSSR count). The van der Waals surface area contributed by atoms with E-state index < -0.39 is 0 Å². The summed E-state index contributed by atoms with van der Waals surface area (Å²) in [5, 5.41) is 0.720. The first-order valence-corrected chi connectivity index (χ1v) is 7.72. The molecule has 0 aliphatic carbocycles. The molecule has 0 radical (unpaired) electrons. The summed E-state index contributed by atoms with van der Waals surface area (Å²) in [6.07, 6.45) is 0.887. The molecule has 2 aromatic carbocycles. The number of esters is 1. The molecule has 0 aliphatic rings. The van der Waals surface area contributed by atoms with E-state index in [-0.39, 0.29) is 18.4 Å². The number of ether oxygens (including phenoxy) is 1. The molecule has 116 valence electrons. The Morgan fingerprint density at radius 1 is 1.18 bits per heavy atom. The van der Waals surface area contributed by atoms with Crippen LogP contribution in [0.1, 0.15) is 18.9 Å². The highest BCUT2D eigenvalue weighted by molar-refractivity contribution is 6.30. The normalized spacial score (nSPS) is 12.0. The van der Waals surface area contributed by atoms with Crippen LogP contribution < -0.4 is 5.73 Å². The minimum absolute atomic E-state index is 0.226. The minimum Gasteiger partial charge on any atom is -0.466 e. The Labute approximate surface area is 136 Å². The molecule has 1 unspecified atom stereocenters. The number of nitrogens with two attached hydrogens (primary N) is 1. The number of rotatable bonds is 6. The number of halogens is 1. The molecule has 22 heavy (non-hydrogen) atoms. The lowest BCUT2D eigenvalue weighted by molar-refractivity contribution is -0.143. The second-order valence-electron chi connectivity index (χ2n) is 5.18. The number of hydrogen-bond donors (Lipinski definition) is 1. The highest BCUT2D eigenvalue weighted by atomic mass is 35.5. The standard InChI is InChI=1S/C18H20ClNO2/c1-2-22-18(21)12-17(20)10-13-6-8-14(9-7-13)15-4-3-5-16(19)11-15/h3-9,11,17H,2,10,12,20H2,1H3. The first-order chi connectivity index (χ1) is 10.6. The van der Waals surface area contributed by atoms with Crippen LogP contribution in [0.2, 0.25) is 5.02 Å². The van der Waals surface area contributed by atoms with Gasteiger partial charge < -0.3 is 10.5 Å². The maximum absolute atomic E-state index is 11.4. The molecule has 0 heterocycles. The molecule has 2 aromatic rings. The molecule has 0 aromatic heterocycles. The lowest BCUT2D eigenvalue weighted by atomic mass is 10.00. The fraction of sp³-hybridized carbons (Fsp3) is 0.278. The third-order valence-corrected chi connectivity index (χ3v) is 3.58. The molecule has 2 N–H and O–H groups in total. The summed E-state index contributed by atoms with van der Waals surface area (Å²) in [4.78, 5) is 11.4. The van der Waals surface area contributed by atoms with E-state index in [1.807, 2.05) is 48.5 Å². The maximum atomic E-state index is 11.4. The first-order valence-electron chi connectivity index (χ1n) is 7.34. The fourth-order valence-electron chi connectivity index (χ4n) is 2.31. The van der Waals surface area contributed by atoms with Gasteiger partial charge in [0.05, 0.1) is 13.0 Å². The second kappa shape index (κ2) is 7.97. The van der Waals surface area contributed by atoms with Crippen molar-refractivity contribution < 1.29 is 9.53 Å². The molecular formula is C18H20ClNO2. The van der Waals surface area contributed by atoms with Crippen LogP contribution in [0.4, 0.5) is 0 Å². The van der Waals surface area contributed by atoms with Gasteiger partial charge in [0.2, 0.25) is 0 Å². The van der Waals surface area contributed by atoms with Gasteiger partial charge in [-0.15, -0.1) is 0 Å². The lowest BCUT2D eigenvalue weighted by Crippen LogP contribution is -2.27. The van der Waals surface area contributed by atoms with Crippen molar-refractivity contribution in [2.75, 3.05) is 6.61 Å². The lowest BCUT2D eigenvalue weighted by Gasteiger charge is -2.11. The Kier molecular flexibility index (Phi) is 5.99. The van der Waals surface area contributed by atoms with Gasteiger partial charge in [-0.2, -0.15) is 0 Å². The van der Waals surface area contributed by atoms with Crippen LogP contribution in [0.3, 0.4) is 0 Å². The third kappa shape index (κ3) is 4.86. The first kappa shape index (κ1) is 16.5. The molecule has 0 saturated heterocycles. The van der Waals surface area contributed by atoms with E-state index >= 15 is 0 Å². The van der Waals surface area contributed by atoms with Gasteiger partial charge in [-0.1, -0.05) is 48.0 Å². The summed E-state index contributed by atoms with van der Waals surface area (Å²) >= 11 is 6.01. The van der Waals surface area contributed by atoms with E-state index in [4.69, 9.17) is 22.1 Å². The van der Waals surface area contributed by atoms with Crippen molar-refractivity contribution in [3.8, 4) is 11.1 Å². The van der Waals surface area contributed by atoms with Gasteiger partial charge in [-0.25, -0.2) is 0 Å². The predicted octanol–water partition coefficient (Wildman–Crippen LogP) is 3.83. The molecule has 0 aliphatic heterocycles. The topological polar surface area (TPSA) is 52.3 Å². The second-order valence-corrected chi connectivity index (χ2v) is 5.62. The van der Waals surface area contributed by atoms with Gasteiger partial charge in [0.25, 0.3) is 0 Å². The minimum atomic E-state index is -0.245. The van der Waals surface area contributed by atoms with E-state index in [9.17, 15) is 4.79 Å². The molecule has 0 amide bonds. The quantitative estimate of drug-likeness (QED) is 0.824. The molecule has 0 saturated carbocycles. The number of carbonyl (C=O) groups excluding carboxylic acids is 1. The van der Waals surface area contributed by atoms with E-state index in [1.54, 1.807) is 6.92 Å². The van der Waals surface area contributed by atoms with Crippen LogP contribution in [0.5, 0.6) is 0 Å².